The molecule has 114 valence electrons. The van der Waals surface area contributed by atoms with Gasteiger partial charge in [-0.25, -0.2) is 9.18 Å². The van der Waals surface area contributed by atoms with Gasteiger partial charge >= 0.3 is 11.9 Å². The molecule has 0 aromatic heterocycles. The van der Waals surface area contributed by atoms with E-state index in [1.807, 2.05) is 0 Å². The second kappa shape index (κ2) is 7.01. The van der Waals surface area contributed by atoms with Gasteiger partial charge in [-0.1, -0.05) is 11.6 Å². The van der Waals surface area contributed by atoms with E-state index in [1.165, 1.54) is 6.92 Å². The lowest BCUT2D eigenvalue weighted by Crippen LogP contribution is -2.41. The van der Waals surface area contributed by atoms with Gasteiger partial charge in [0.25, 0.3) is 0 Å². The Kier molecular flexibility index (Phi) is 6.60. The minimum absolute atomic E-state index is 0. The van der Waals surface area contributed by atoms with Crippen LogP contribution < -0.4 is 5.73 Å². The topological polar surface area (TPSA) is 72.5 Å². The Morgan fingerprint density at radius 3 is 2.60 bits per heavy atom. The summed E-state index contributed by atoms with van der Waals surface area (Å²) >= 11 is 5.45. The van der Waals surface area contributed by atoms with Crippen molar-refractivity contribution >= 4 is 30.0 Å². The summed E-state index contributed by atoms with van der Waals surface area (Å²) in [5, 5.41) is 9.02. The van der Waals surface area contributed by atoms with E-state index in [4.69, 9.17) is 17.3 Å². The molecule has 3 N–H and O–H groups in total. The highest BCUT2D eigenvalue weighted by Gasteiger charge is 2.48. The Balaban J connectivity index is 0.00000361. The SMILES string of the molecule is CCOC(=O)C(F)(F)[C@@H](N)c1cc(F)cc(Cl)c1O.Cl. The fraction of sp³-hybridized carbons (Fsp3) is 0.364. The van der Waals surface area contributed by atoms with E-state index in [2.05, 4.69) is 4.74 Å². The van der Waals surface area contributed by atoms with Crippen molar-refractivity contribution < 1.29 is 27.8 Å². The van der Waals surface area contributed by atoms with E-state index in [1.54, 1.807) is 0 Å². The third-order valence-corrected chi connectivity index (χ3v) is 2.62. The average molecular weight is 334 g/mol. The molecule has 0 aliphatic rings. The lowest BCUT2D eigenvalue weighted by Gasteiger charge is -2.22. The van der Waals surface area contributed by atoms with Gasteiger partial charge in [-0.3, -0.25) is 0 Å². The second-order valence-corrected chi connectivity index (χ2v) is 4.05. The summed E-state index contributed by atoms with van der Waals surface area (Å²) in [4.78, 5) is 11.1. The van der Waals surface area contributed by atoms with Crippen LogP contribution in [0.1, 0.15) is 18.5 Å². The molecule has 1 atom stereocenters. The maximum absolute atomic E-state index is 13.7. The van der Waals surface area contributed by atoms with Gasteiger partial charge in [0.1, 0.15) is 17.6 Å². The Morgan fingerprint density at radius 2 is 2.10 bits per heavy atom. The van der Waals surface area contributed by atoms with Gasteiger partial charge in [-0.2, -0.15) is 8.78 Å². The van der Waals surface area contributed by atoms with Gasteiger partial charge < -0.3 is 15.6 Å². The molecule has 0 saturated heterocycles. The minimum Gasteiger partial charge on any atom is -0.506 e. The summed E-state index contributed by atoms with van der Waals surface area (Å²) in [5.41, 5.74) is 4.53. The van der Waals surface area contributed by atoms with E-state index in [9.17, 15) is 23.1 Å². The number of carbonyl (C=O) groups excluding carboxylic acids is 1. The molecular formula is C11H12Cl2F3NO3. The normalized spacial score (nSPS) is 12.5. The van der Waals surface area contributed by atoms with Crippen LogP contribution in [0.4, 0.5) is 13.2 Å². The number of halogens is 5. The van der Waals surface area contributed by atoms with Gasteiger partial charge in [0.15, 0.2) is 0 Å². The molecule has 9 heteroatoms. The first-order valence-corrected chi connectivity index (χ1v) is 5.58. The summed E-state index contributed by atoms with van der Waals surface area (Å²) in [5.74, 6) is -7.75. The lowest BCUT2D eigenvalue weighted by atomic mass is 10.00. The molecule has 0 fully saturated rings. The molecule has 0 amide bonds. The average Bonchev–Trinajstić information content (AvgIpc) is 2.33. The van der Waals surface area contributed by atoms with Crippen LogP contribution in [0.2, 0.25) is 5.02 Å². The molecule has 1 aromatic rings. The highest BCUT2D eigenvalue weighted by atomic mass is 35.5. The Bertz CT molecular complexity index is 500. The molecule has 0 aliphatic heterocycles. The monoisotopic (exact) mass is 333 g/mol. The van der Waals surface area contributed by atoms with Crippen molar-refractivity contribution in [2.75, 3.05) is 6.61 Å². The van der Waals surface area contributed by atoms with E-state index in [0.717, 1.165) is 6.07 Å². The Labute approximate surface area is 124 Å². The van der Waals surface area contributed by atoms with E-state index in [-0.39, 0.29) is 19.0 Å². The summed E-state index contributed by atoms with van der Waals surface area (Å²) < 4.78 is 44.6. The molecule has 0 spiro atoms. The third-order valence-electron chi connectivity index (χ3n) is 2.33. The third kappa shape index (κ3) is 3.68. The van der Waals surface area contributed by atoms with Crippen LogP contribution in [0, 0.1) is 5.82 Å². The number of hydrogen-bond acceptors (Lipinski definition) is 4. The van der Waals surface area contributed by atoms with Crippen LogP contribution in [0.3, 0.4) is 0 Å². The molecule has 0 radical (unpaired) electrons. The summed E-state index contributed by atoms with van der Waals surface area (Å²) in [6.07, 6.45) is 0. The molecule has 0 bridgehead atoms. The first-order chi connectivity index (χ1) is 8.71. The minimum atomic E-state index is -4.12. The smallest absolute Gasteiger partial charge is 0.379 e. The Hall–Kier alpha value is -1.18. The van der Waals surface area contributed by atoms with Gasteiger partial charge in [-0.15, -0.1) is 12.4 Å². The summed E-state index contributed by atoms with van der Waals surface area (Å²) in [6.45, 7) is 1.08. The van der Waals surface area contributed by atoms with Crippen molar-refractivity contribution in [3.63, 3.8) is 0 Å². The summed E-state index contributed by atoms with van der Waals surface area (Å²) in [6, 6.07) is -0.964. The van der Waals surface area contributed by atoms with Gasteiger partial charge in [-0.05, 0) is 19.1 Å². The van der Waals surface area contributed by atoms with Crippen molar-refractivity contribution in [1.82, 2.24) is 0 Å². The second-order valence-electron chi connectivity index (χ2n) is 3.65. The molecule has 1 aromatic carbocycles. The number of nitrogens with two attached hydrogens (primary N) is 1. The van der Waals surface area contributed by atoms with Crippen molar-refractivity contribution in [3.8, 4) is 5.75 Å². The Morgan fingerprint density at radius 1 is 1.55 bits per heavy atom. The van der Waals surface area contributed by atoms with Crippen molar-refractivity contribution in [3.05, 3.63) is 28.5 Å². The number of ether oxygens (including phenoxy) is 1. The van der Waals surface area contributed by atoms with Crippen LogP contribution in [0.15, 0.2) is 12.1 Å². The number of phenolic OH excluding ortho intramolecular Hbond substituents is 1. The molecule has 0 saturated carbocycles. The van der Waals surface area contributed by atoms with E-state index >= 15 is 0 Å². The highest BCUT2D eigenvalue weighted by molar-refractivity contribution is 6.32. The standard InChI is InChI=1S/C11H11ClF3NO3.ClH/c1-2-19-10(18)11(14,15)9(16)6-3-5(13)4-7(12)8(6)17;/h3-4,9,17H,2,16H2,1H3;1H/t9-;/m0./s1. The van der Waals surface area contributed by atoms with Crippen LogP contribution in [-0.4, -0.2) is 23.6 Å². The largest absolute Gasteiger partial charge is 0.506 e. The highest BCUT2D eigenvalue weighted by Crippen LogP contribution is 2.38. The van der Waals surface area contributed by atoms with Crippen LogP contribution >= 0.6 is 24.0 Å². The van der Waals surface area contributed by atoms with Crippen molar-refractivity contribution in [1.29, 1.82) is 0 Å². The zero-order valence-corrected chi connectivity index (χ0v) is 11.8. The number of esters is 1. The van der Waals surface area contributed by atoms with Crippen LogP contribution in [-0.2, 0) is 9.53 Å². The fourth-order valence-electron chi connectivity index (χ4n) is 1.37. The lowest BCUT2D eigenvalue weighted by molar-refractivity contribution is -0.174. The molecule has 0 aliphatic carbocycles. The number of benzene rings is 1. The maximum Gasteiger partial charge on any atom is 0.379 e. The summed E-state index contributed by atoms with van der Waals surface area (Å²) in [7, 11) is 0. The maximum atomic E-state index is 13.7. The predicted octanol–water partition coefficient (Wildman–Crippen LogP) is 2.80. The van der Waals surface area contributed by atoms with E-state index in [0.29, 0.717) is 6.07 Å². The van der Waals surface area contributed by atoms with Gasteiger partial charge in [0.05, 0.1) is 11.6 Å². The molecule has 0 heterocycles. The van der Waals surface area contributed by atoms with Crippen molar-refractivity contribution in [2.24, 2.45) is 5.73 Å². The first kappa shape index (κ1) is 18.8. The first-order valence-electron chi connectivity index (χ1n) is 5.20. The number of rotatable bonds is 4. The molecule has 20 heavy (non-hydrogen) atoms. The van der Waals surface area contributed by atoms with Crippen LogP contribution in [0.25, 0.3) is 0 Å². The predicted molar refractivity (Wildman–Crippen MR) is 68.8 cm³/mol. The zero-order valence-electron chi connectivity index (χ0n) is 10.2. The molecular weight excluding hydrogens is 322 g/mol. The number of hydrogen-bond donors (Lipinski definition) is 2. The molecule has 0 unspecified atom stereocenters. The van der Waals surface area contributed by atoms with Crippen molar-refractivity contribution in [2.45, 2.75) is 18.9 Å². The van der Waals surface area contributed by atoms with Gasteiger partial charge in [0, 0.05) is 5.56 Å². The molecule has 4 nitrogen and oxygen atoms in total. The van der Waals surface area contributed by atoms with E-state index < -0.39 is 40.1 Å². The zero-order chi connectivity index (χ0) is 14.8. The molecule has 1 rings (SSSR count). The number of phenols is 1. The quantitative estimate of drug-likeness (QED) is 0.831. The number of alkyl halides is 2. The van der Waals surface area contributed by atoms with Crippen LogP contribution in [0.5, 0.6) is 5.75 Å². The van der Waals surface area contributed by atoms with Gasteiger partial charge in [0.2, 0.25) is 0 Å². The fourth-order valence-corrected chi connectivity index (χ4v) is 1.59. The number of carbonyl (C=O) groups is 1. The number of aromatic hydroxyl groups is 1.